The number of esters is 1. The van der Waals surface area contributed by atoms with Crippen LogP contribution in [0.5, 0.6) is 0 Å². The van der Waals surface area contributed by atoms with Gasteiger partial charge in [0.15, 0.2) is 0 Å². The zero-order valence-corrected chi connectivity index (χ0v) is 17.7. The Labute approximate surface area is 183 Å². The molecular weight excluding hydrogens is 380 g/mol. The summed E-state index contributed by atoms with van der Waals surface area (Å²) in [5.74, 6) is 6.42. The molecule has 8 rings (SSSR count). The third-order valence-electron chi connectivity index (χ3n) is 10.2. The van der Waals surface area contributed by atoms with Crippen LogP contribution in [0, 0.1) is 47.3 Å². The third-order valence-corrected chi connectivity index (χ3v) is 10.2. The first-order valence-electron chi connectivity index (χ1n) is 12.3. The van der Waals surface area contributed by atoms with E-state index in [-0.39, 0.29) is 18.0 Å². The molecule has 0 radical (unpaired) electrons. The van der Waals surface area contributed by atoms with Crippen LogP contribution < -0.4 is 0 Å². The zero-order valence-electron chi connectivity index (χ0n) is 17.7. The molecule has 31 heavy (non-hydrogen) atoms. The minimum absolute atomic E-state index is 0.0218. The predicted molar refractivity (Wildman–Crippen MR) is 119 cm³/mol. The van der Waals surface area contributed by atoms with Gasteiger partial charge in [0.2, 0.25) is 0 Å². The zero-order chi connectivity index (χ0) is 20.3. The van der Waals surface area contributed by atoms with Crippen LogP contribution in [0.1, 0.15) is 42.7 Å². The highest BCUT2D eigenvalue weighted by molar-refractivity contribution is 5.93. The molecule has 4 saturated carbocycles. The second-order valence-electron chi connectivity index (χ2n) is 11.1. The molecular formula is C29H28O2. The van der Waals surface area contributed by atoms with Gasteiger partial charge in [-0.3, -0.25) is 4.79 Å². The summed E-state index contributed by atoms with van der Waals surface area (Å²) in [5.41, 5.74) is 4.62. The van der Waals surface area contributed by atoms with E-state index >= 15 is 0 Å². The lowest BCUT2D eigenvalue weighted by Gasteiger charge is -2.35. The van der Waals surface area contributed by atoms with Crippen molar-refractivity contribution in [2.24, 2.45) is 47.3 Å². The summed E-state index contributed by atoms with van der Waals surface area (Å²) in [6.45, 7) is 0. The van der Waals surface area contributed by atoms with Gasteiger partial charge in [0.25, 0.3) is 0 Å². The lowest BCUT2D eigenvalue weighted by atomic mass is 9.73. The predicted octanol–water partition coefficient (Wildman–Crippen LogP) is 5.82. The first kappa shape index (κ1) is 17.2. The van der Waals surface area contributed by atoms with Crippen LogP contribution in [-0.2, 0) is 9.53 Å². The van der Waals surface area contributed by atoms with Crippen LogP contribution in [0.15, 0.2) is 60.7 Å². The lowest BCUT2D eigenvalue weighted by Crippen LogP contribution is -2.35. The fourth-order valence-electron chi connectivity index (χ4n) is 9.34. The number of carbonyl (C=O) groups is 1. The Balaban J connectivity index is 1.07. The summed E-state index contributed by atoms with van der Waals surface area (Å²) in [6, 6.07) is 16.7. The summed E-state index contributed by atoms with van der Waals surface area (Å²) in [5, 5.41) is 0. The smallest absolute Gasteiger partial charge is 0.318 e. The van der Waals surface area contributed by atoms with E-state index in [2.05, 4.69) is 48.6 Å². The summed E-state index contributed by atoms with van der Waals surface area (Å²) < 4.78 is 6.39. The fraction of sp³-hybridized carbons (Fsp3) is 0.483. The monoisotopic (exact) mass is 408 g/mol. The van der Waals surface area contributed by atoms with Gasteiger partial charge in [-0.2, -0.15) is 0 Å². The first-order chi connectivity index (χ1) is 15.3. The number of hydrogen-bond acceptors (Lipinski definition) is 2. The van der Waals surface area contributed by atoms with Crippen molar-refractivity contribution in [2.45, 2.75) is 37.7 Å². The molecule has 2 aromatic carbocycles. The molecule has 0 spiro atoms. The summed E-state index contributed by atoms with van der Waals surface area (Å²) in [4.78, 5) is 13.6. The molecule has 9 unspecified atom stereocenters. The molecule has 9 atom stereocenters. The number of carbonyl (C=O) groups excluding carboxylic acids is 1. The second-order valence-corrected chi connectivity index (χ2v) is 11.1. The summed E-state index contributed by atoms with van der Waals surface area (Å²) in [7, 11) is 0. The van der Waals surface area contributed by atoms with E-state index in [1.807, 2.05) is 12.1 Å². The molecule has 6 aliphatic carbocycles. The molecule has 2 heteroatoms. The van der Waals surface area contributed by atoms with Gasteiger partial charge in [-0.05, 0) is 95.3 Å². The van der Waals surface area contributed by atoms with Crippen LogP contribution in [0.4, 0.5) is 0 Å². The molecule has 0 aromatic heterocycles. The maximum Gasteiger partial charge on any atom is 0.318 e. The van der Waals surface area contributed by atoms with Gasteiger partial charge in [0.1, 0.15) is 12.0 Å². The highest BCUT2D eigenvalue weighted by atomic mass is 16.5. The van der Waals surface area contributed by atoms with Crippen LogP contribution in [0.3, 0.4) is 0 Å². The molecule has 0 N–H and O–H groups in total. The minimum atomic E-state index is -0.259. The standard InChI is InChI=1S/C29H28O2/c30-29(28-20-7-3-1-5-18(20)19-6-2-4-8-21(19)28)31-25-13-17-12-23(25)24-14-22-15-9-10-16(11-15)26(22)27(17)24/h1-10,15-17,22-28H,11-14H2. The van der Waals surface area contributed by atoms with Crippen molar-refractivity contribution in [3.8, 4) is 11.1 Å². The van der Waals surface area contributed by atoms with Crippen LogP contribution in [0.2, 0.25) is 0 Å². The summed E-state index contributed by atoms with van der Waals surface area (Å²) in [6.07, 6.45) is 10.4. The third kappa shape index (κ3) is 2.12. The first-order valence-corrected chi connectivity index (χ1v) is 12.3. The van der Waals surface area contributed by atoms with Crippen LogP contribution in [-0.4, -0.2) is 12.1 Å². The van der Waals surface area contributed by atoms with Gasteiger partial charge < -0.3 is 4.74 Å². The van der Waals surface area contributed by atoms with Gasteiger partial charge in [-0.25, -0.2) is 0 Å². The van der Waals surface area contributed by atoms with E-state index in [9.17, 15) is 4.79 Å². The van der Waals surface area contributed by atoms with Crippen molar-refractivity contribution < 1.29 is 9.53 Å². The average Bonchev–Trinajstić information content (AvgIpc) is 3.59. The Morgan fingerprint density at radius 1 is 0.710 bits per heavy atom. The van der Waals surface area contributed by atoms with E-state index < -0.39 is 0 Å². The van der Waals surface area contributed by atoms with Gasteiger partial charge in [-0.1, -0.05) is 60.7 Å². The van der Waals surface area contributed by atoms with Crippen molar-refractivity contribution in [3.63, 3.8) is 0 Å². The highest BCUT2D eigenvalue weighted by Crippen LogP contribution is 2.69. The Bertz CT molecular complexity index is 1090. The van der Waals surface area contributed by atoms with Gasteiger partial charge in [-0.15, -0.1) is 0 Å². The number of allylic oxidation sites excluding steroid dienone is 2. The molecule has 4 bridgehead atoms. The number of rotatable bonds is 2. The van der Waals surface area contributed by atoms with Crippen LogP contribution in [0.25, 0.3) is 11.1 Å². The minimum Gasteiger partial charge on any atom is -0.461 e. The largest absolute Gasteiger partial charge is 0.461 e. The molecule has 0 saturated heterocycles. The SMILES string of the molecule is O=C(OC1CC2CC1C1CC3C4C=CC(C4)C3C21)C1c2ccccc2-c2ccccc21. The van der Waals surface area contributed by atoms with E-state index in [1.54, 1.807) is 0 Å². The van der Waals surface area contributed by atoms with E-state index in [4.69, 9.17) is 4.74 Å². The van der Waals surface area contributed by atoms with Gasteiger partial charge >= 0.3 is 5.97 Å². The lowest BCUT2D eigenvalue weighted by molar-refractivity contribution is -0.154. The Kier molecular flexibility index (Phi) is 3.28. The average molecular weight is 409 g/mol. The quantitative estimate of drug-likeness (QED) is 0.462. The number of hydrogen-bond donors (Lipinski definition) is 0. The molecule has 0 aliphatic heterocycles. The second kappa shape index (κ2) is 5.91. The van der Waals surface area contributed by atoms with Crippen molar-refractivity contribution in [1.82, 2.24) is 0 Å². The van der Waals surface area contributed by atoms with E-state index in [1.165, 1.54) is 30.4 Å². The number of fused-ring (bicyclic) bond motifs is 14. The maximum absolute atomic E-state index is 13.6. The fourth-order valence-corrected chi connectivity index (χ4v) is 9.34. The van der Waals surface area contributed by atoms with Crippen molar-refractivity contribution in [1.29, 1.82) is 0 Å². The number of benzene rings is 2. The van der Waals surface area contributed by atoms with Gasteiger partial charge in [0, 0.05) is 0 Å². The van der Waals surface area contributed by atoms with Crippen molar-refractivity contribution in [2.75, 3.05) is 0 Å². The van der Waals surface area contributed by atoms with Crippen molar-refractivity contribution in [3.05, 3.63) is 71.8 Å². The molecule has 2 nitrogen and oxygen atoms in total. The van der Waals surface area contributed by atoms with Gasteiger partial charge in [0.05, 0.1) is 0 Å². The topological polar surface area (TPSA) is 26.3 Å². The maximum atomic E-state index is 13.6. The van der Waals surface area contributed by atoms with E-state index in [0.717, 1.165) is 59.0 Å². The Morgan fingerprint density at radius 3 is 2.19 bits per heavy atom. The molecule has 6 aliphatic rings. The summed E-state index contributed by atoms with van der Waals surface area (Å²) >= 11 is 0. The highest BCUT2D eigenvalue weighted by Gasteiger charge is 2.65. The molecule has 4 fully saturated rings. The van der Waals surface area contributed by atoms with Crippen molar-refractivity contribution >= 4 is 5.97 Å². The Morgan fingerprint density at radius 2 is 1.42 bits per heavy atom. The van der Waals surface area contributed by atoms with E-state index in [0.29, 0.717) is 5.92 Å². The molecule has 0 amide bonds. The number of ether oxygens (including phenoxy) is 1. The molecule has 0 heterocycles. The van der Waals surface area contributed by atoms with Crippen LogP contribution >= 0.6 is 0 Å². The molecule has 2 aromatic rings. The normalized spacial score (nSPS) is 42.5. The Hall–Kier alpha value is -2.35. The molecule has 156 valence electrons.